The Labute approximate surface area is 123 Å². The highest BCUT2D eigenvalue weighted by atomic mass is 32.1. The van der Waals surface area contributed by atoms with Crippen LogP contribution in [0.2, 0.25) is 0 Å². The average molecular weight is 292 g/mol. The zero-order chi connectivity index (χ0) is 14.6. The summed E-state index contributed by atoms with van der Waals surface area (Å²) in [6, 6.07) is 3.93. The van der Waals surface area contributed by atoms with Gasteiger partial charge in [0.2, 0.25) is 0 Å². The molecule has 108 valence electrons. The summed E-state index contributed by atoms with van der Waals surface area (Å²) in [5.41, 5.74) is 0.601. The lowest BCUT2D eigenvalue weighted by molar-refractivity contribution is -0.149. The number of rotatable bonds is 6. The van der Waals surface area contributed by atoms with Crippen LogP contribution in [0.3, 0.4) is 0 Å². The molecule has 0 aliphatic carbocycles. The smallest absolute Gasteiger partial charge is 0.316 e. The molecule has 0 spiro atoms. The van der Waals surface area contributed by atoms with E-state index in [1.165, 1.54) is 5.56 Å². The van der Waals surface area contributed by atoms with Gasteiger partial charge in [-0.2, -0.15) is 5.10 Å². The fourth-order valence-corrected chi connectivity index (χ4v) is 2.80. The van der Waals surface area contributed by atoms with Crippen molar-refractivity contribution in [1.82, 2.24) is 9.78 Å². The highest BCUT2D eigenvalue weighted by Gasteiger charge is 2.32. The zero-order valence-electron chi connectivity index (χ0n) is 12.1. The number of carbonyl (C=O) groups excluding carboxylic acids is 1. The summed E-state index contributed by atoms with van der Waals surface area (Å²) in [6.45, 7) is 4.26. The van der Waals surface area contributed by atoms with E-state index in [9.17, 15) is 4.79 Å². The highest BCUT2D eigenvalue weighted by molar-refractivity contribution is 7.10. The average Bonchev–Trinajstić information content (AvgIpc) is 3.05. The second-order valence-electron chi connectivity index (χ2n) is 5.36. The van der Waals surface area contributed by atoms with E-state index < -0.39 is 5.41 Å². The maximum Gasteiger partial charge on any atom is 0.316 e. The summed E-state index contributed by atoms with van der Waals surface area (Å²) >= 11 is 1.59. The fourth-order valence-electron chi connectivity index (χ4n) is 1.96. The van der Waals surface area contributed by atoms with Crippen LogP contribution in [0.5, 0.6) is 0 Å². The number of ether oxygens (including phenoxy) is 1. The fraction of sp³-hybridized carbons (Fsp3) is 0.467. The lowest BCUT2D eigenvalue weighted by Crippen LogP contribution is -2.30. The second kappa shape index (κ2) is 6.22. The number of nitrogens with zero attached hydrogens (tertiary/aromatic N) is 2. The molecule has 0 bridgehead atoms. The summed E-state index contributed by atoms with van der Waals surface area (Å²) in [5.74, 6) is -0.161. The summed E-state index contributed by atoms with van der Waals surface area (Å²) in [7, 11) is 1.90. The Morgan fingerprint density at radius 1 is 1.50 bits per heavy atom. The van der Waals surface area contributed by atoms with Crippen molar-refractivity contribution in [3.05, 3.63) is 40.3 Å². The van der Waals surface area contributed by atoms with Crippen molar-refractivity contribution in [3.63, 3.8) is 0 Å². The van der Waals surface area contributed by atoms with Crippen LogP contribution in [0.4, 0.5) is 0 Å². The molecule has 0 radical (unpaired) electrons. The maximum absolute atomic E-state index is 12.1. The van der Waals surface area contributed by atoms with Crippen LogP contribution in [0, 0.1) is 0 Å². The third-order valence-electron chi connectivity index (χ3n) is 3.25. The van der Waals surface area contributed by atoms with E-state index in [4.69, 9.17) is 4.74 Å². The minimum atomic E-state index is -0.567. The van der Waals surface area contributed by atoms with E-state index in [1.807, 2.05) is 50.8 Å². The number of hydrogen-bond donors (Lipinski definition) is 0. The molecule has 0 aliphatic heterocycles. The van der Waals surface area contributed by atoms with Crippen LogP contribution in [0.15, 0.2) is 29.9 Å². The Balaban J connectivity index is 1.78. The molecule has 0 saturated heterocycles. The largest absolute Gasteiger partial charge is 0.465 e. The molecule has 4 nitrogen and oxygen atoms in total. The summed E-state index contributed by atoms with van der Waals surface area (Å²) in [6.07, 6.45) is 5.52. The minimum absolute atomic E-state index is 0.161. The van der Waals surface area contributed by atoms with Crippen molar-refractivity contribution in [2.45, 2.75) is 32.1 Å². The molecule has 2 aromatic heterocycles. The topological polar surface area (TPSA) is 44.1 Å². The zero-order valence-corrected chi connectivity index (χ0v) is 12.9. The van der Waals surface area contributed by atoms with E-state index in [-0.39, 0.29) is 5.97 Å². The number of carbonyl (C=O) groups is 1. The molecular weight excluding hydrogens is 272 g/mol. The van der Waals surface area contributed by atoms with Gasteiger partial charge in [-0.05, 0) is 43.7 Å². The van der Waals surface area contributed by atoms with E-state index in [0.717, 1.165) is 17.7 Å². The van der Waals surface area contributed by atoms with Gasteiger partial charge in [0.25, 0.3) is 0 Å². The quantitative estimate of drug-likeness (QED) is 0.607. The summed E-state index contributed by atoms with van der Waals surface area (Å²) in [5, 5.41) is 6.09. The van der Waals surface area contributed by atoms with Crippen LogP contribution < -0.4 is 0 Å². The molecular formula is C15H20N2O2S. The van der Waals surface area contributed by atoms with Gasteiger partial charge in [0.05, 0.1) is 18.2 Å². The lowest BCUT2D eigenvalue weighted by atomic mass is 9.92. The van der Waals surface area contributed by atoms with Gasteiger partial charge in [-0.25, -0.2) is 0 Å². The van der Waals surface area contributed by atoms with Gasteiger partial charge in [0.1, 0.15) is 0 Å². The van der Waals surface area contributed by atoms with Gasteiger partial charge in [-0.3, -0.25) is 9.48 Å². The maximum atomic E-state index is 12.1. The molecule has 2 rings (SSSR count). The van der Waals surface area contributed by atoms with Crippen LogP contribution >= 0.6 is 11.3 Å². The first-order valence-electron chi connectivity index (χ1n) is 6.69. The number of esters is 1. The number of aryl methyl sites for hydroxylation is 2. The minimum Gasteiger partial charge on any atom is -0.465 e. The third kappa shape index (κ3) is 3.48. The van der Waals surface area contributed by atoms with Crippen molar-refractivity contribution in [2.75, 3.05) is 6.61 Å². The number of thiophene rings is 1. The molecule has 0 atom stereocenters. The van der Waals surface area contributed by atoms with E-state index in [0.29, 0.717) is 6.61 Å². The third-order valence-corrected chi connectivity index (χ3v) is 4.44. The van der Waals surface area contributed by atoms with Gasteiger partial charge in [-0.1, -0.05) is 6.07 Å². The van der Waals surface area contributed by atoms with Gasteiger partial charge in [0.15, 0.2) is 0 Å². The highest BCUT2D eigenvalue weighted by Crippen LogP contribution is 2.28. The van der Waals surface area contributed by atoms with Crippen molar-refractivity contribution >= 4 is 17.3 Å². The Morgan fingerprint density at radius 2 is 2.30 bits per heavy atom. The van der Waals surface area contributed by atoms with Gasteiger partial charge in [0, 0.05) is 18.1 Å². The molecule has 0 aliphatic rings. The molecule has 2 heterocycles. The number of hydrogen-bond acceptors (Lipinski definition) is 4. The Hall–Kier alpha value is -1.62. The molecule has 0 fully saturated rings. The van der Waals surface area contributed by atoms with Crippen LogP contribution in [-0.2, 0) is 28.4 Å². The van der Waals surface area contributed by atoms with Crippen LogP contribution in [-0.4, -0.2) is 22.4 Å². The molecule has 20 heavy (non-hydrogen) atoms. The molecule has 2 aromatic rings. The molecule has 0 aromatic carbocycles. The Bertz CT molecular complexity index is 558. The van der Waals surface area contributed by atoms with Crippen molar-refractivity contribution in [2.24, 2.45) is 7.05 Å². The second-order valence-corrected chi connectivity index (χ2v) is 6.31. The van der Waals surface area contributed by atoms with Gasteiger partial charge < -0.3 is 4.74 Å². The predicted molar refractivity (Wildman–Crippen MR) is 79.8 cm³/mol. The van der Waals surface area contributed by atoms with Crippen molar-refractivity contribution < 1.29 is 9.53 Å². The lowest BCUT2D eigenvalue weighted by Gasteiger charge is -2.21. The Morgan fingerprint density at radius 3 is 2.90 bits per heavy atom. The molecule has 0 unspecified atom stereocenters. The molecule has 0 N–H and O–H groups in total. The standard InChI is InChI=1S/C15H20N2O2S/c1-15(2,13-7-5-9-20-13)14(18)19-8-4-6-12-10-16-17(3)11-12/h5,7,9-11H,4,6,8H2,1-3H3. The summed E-state index contributed by atoms with van der Waals surface area (Å²) < 4.78 is 7.18. The van der Waals surface area contributed by atoms with Gasteiger partial charge in [-0.15, -0.1) is 11.3 Å². The molecule has 5 heteroatoms. The van der Waals surface area contributed by atoms with E-state index in [1.54, 1.807) is 16.0 Å². The number of aromatic nitrogens is 2. The van der Waals surface area contributed by atoms with Crippen LogP contribution in [0.25, 0.3) is 0 Å². The first-order valence-corrected chi connectivity index (χ1v) is 7.57. The molecule has 0 amide bonds. The van der Waals surface area contributed by atoms with E-state index >= 15 is 0 Å². The molecule has 0 saturated carbocycles. The predicted octanol–water partition coefficient (Wildman–Crippen LogP) is 2.94. The Kier molecular flexibility index (Phi) is 4.60. The van der Waals surface area contributed by atoms with E-state index in [2.05, 4.69) is 5.10 Å². The van der Waals surface area contributed by atoms with Gasteiger partial charge >= 0.3 is 5.97 Å². The first kappa shape index (κ1) is 14.8. The van der Waals surface area contributed by atoms with Crippen molar-refractivity contribution in [1.29, 1.82) is 0 Å². The SMILES string of the molecule is Cn1cc(CCCOC(=O)C(C)(C)c2cccs2)cn1. The normalized spacial score (nSPS) is 11.6. The first-order chi connectivity index (χ1) is 9.50. The monoisotopic (exact) mass is 292 g/mol. The van der Waals surface area contributed by atoms with Crippen LogP contribution in [0.1, 0.15) is 30.7 Å². The van der Waals surface area contributed by atoms with Crippen molar-refractivity contribution in [3.8, 4) is 0 Å². The summed E-state index contributed by atoms with van der Waals surface area (Å²) in [4.78, 5) is 13.2.